The number of rotatable bonds is 5. The average molecular weight is 185 g/mol. The van der Waals surface area contributed by atoms with Gasteiger partial charge in [0.05, 0.1) is 12.0 Å². The highest BCUT2D eigenvalue weighted by molar-refractivity contribution is 7.99. The predicted molar refractivity (Wildman–Crippen MR) is 54.2 cm³/mol. The molecule has 3 heteroatoms. The van der Waals surface area contributed by atoms with Crippen molar-refractivity contribution in [3.8, 4) is 0 Å². The van der Waals surface area contributed by atoms with E-state index in [0.717, 1.165) is 30.2 Å². The molecule has 0 unspecified atom stereocenters. The molecular weight excluding hydrogens is 170 g/mol. The Morgan fingerprint density at radius 1 is 1.67 bits per heavy atom. The SMILES string of the molecule is CNCCSCC1=CCC=CO1. The zero-order chi connectivity index (χ0) is 8.65. The first-order valence-corrected chi connectivity index (χ1v) is 5.32. The molecular formula is C9H15NOS. The first-order valence-electron chi connectivity index (χ1n) is 4.16. The minimum atomic E-state index is 0.992. The monoisotopic (exact) mass is 185 g/mol. The van der Waals surface area contributed by atoms with Crippen LogP contribution in [0, 0.1) is 0 Å². The van der Waals surface area contributed by atoms with Gasteiger partial charge in [-0.05, 0) is 25.6 Å². The topological polar surface area (TPSA) is 21.3 Å². The van der Waals surface area contributed by atoms with E-state index in [0.29, 0.717) is 0 Å². The Morgan fingerprint density at radius 2 is 2.58 bits per heavy atom. The molecule has 0 aliphatic carbocycles. The van der Waals surface area contributed by atoms with E-state index in [2.05, 4.69) is 11.4 Å². The molecule has 0 aromatic heterocycles. The van der Waals surface area contributed by atoms with Crippen LogP contribution in [0.25, 0.3) is 0 Å². The number of hydrogen-bond acceptors (Lipinski definition) is 3. The van der Waals surface area contributed by atoms with Crippen molar-refractivity contribution in [3.05, 3.63) is 24.2 Å². The van der Waals surface area contributed by atoms with Crippen LogP contribution in [0.15, 0.2) is 24.2 Å². The minimum absolute atomic E-state index is 0.992. The van der Waals surface area contributed by atoms with E-state index >= 15 is 0 Å². The van der Waals surface area contributed by atoms with E-state index in [4.69, 9.17) is 4.74 Å². The van der Waals surface area contributed by atoms with Gasteiger partial charge in [-0.1, -0.05) is 0 Å². The minimum Gasteiger partial charge on any atom is -0.469 e. The molecule has 1 rings (SSSR count). The van der Waals surface area contributed by atoms with Crippen molar-refractivity contribution in [2.45, 2.75) is 6.42 Å². The average Bonchev–Trinajstić information content (AvgIpc) is 2.14. The summed E-state index contributed by atoms with van der Waals surface area (Å²) in [5.41, 5.74) is 0. The van der Waals surface area contributed by atoms with E-state index in [-0.39, 0.29) is 0 Å². The van der Waals surface area contributed by atoms with Gasteiger partial charge < -0.3 is 10.1 Å². The van der Waals surface area contributed by atoms with Crippen LogP contribution in [0.5, 0.6) is 0 Å². The molecule has 0 radical (unpaired) electrons. The third-order valence-electron chi connectivity index (χ3n) is 1.54. The summed E-state index contributed by atoms with van der Waals surface area (Å²) in [5, 5.41) is 3.11. The summed E-state index contributed by atoms with van der Waals surface area (Å²) in [7, 11) is 1.97. The van der Waals surface area contributed by atoms with Crippen molar-refractivity contribution in [2.24, 2.45) is 0 Å². The maximum atomic E-state index is 5.30. The Labute approximate surface area is 78.1 Å². The number of hydrogen-bond donors (Lipinski definition) is 1. The molecule has 1 heterocycles. The first kappa shape index (κ1) is 9.68. The third-order valence-corrected chi connectivity index (χ3v) is 2.52. The van der Waals surface area contributed by atoms with Crippen LogP contribution in [-0.2, 0) is 4.74 Å². The third kappa shape index (κ3) is 3.83. The number of ether oxygens (including phenoxy) is 1. The molecule has 12 heavy (non-hydrogen) atoms. The lowest BCUT2D eigenvalue weighted by atomic mass is 10.3. The largest absolute Gasteiger partial charge is 0.469 e. The van der Waals surface area contributed by atoms with Crippen LogP contribution in [0.1, 0.15) is 6.42 Å². The van der Waals surface area contributed by atoms with E-state index < -0.39 is 0 Å². The molecule has 0 bridgehead atoms. The van der Waals surface area contributed by atoms with Crippen molar-refractivity contribution in [1.82, 2.24) is 5.32 Å². The molecule has 0 atom stereocenters. The summed E-state index contributed by atoms with van der Waals surface area (Å²) in [6.45, 7) is 1.06. The molecule has 68 valence electrons. The van der Waals surface area contributed by atoms with Crippen molar-refractivity contribution >= 4 is 11.8 Å². The summed E-state index contributed by atoms with van der Waals surface area (Å²) in [5.74, 6) is 3.23. The van der Waals surface area contributed by atoms with Crippen LogP contribution >= 0.6 is 11.8 Å². The molecule has 0 aromatic carbocycles. The molecule has 0 fully saturated rings. The zero-order valence-corrected chi connectivity index (χ0v) is 8.19. The van der Waals surface area contributed by atoms with Crippen LogP contribution in [0.2, 0.25) is 0 Å². The van der Waals surface area contributed by atoms with Crippen LogP contribution < -0.4 is 5.32 Å². The fourth-order valence-corrected chi connectivity index (χ4v) is 1.76. The normalized spacial score (nSPS) is 15.6. The number of nitrogens with one attached hydrogen (secondary N) is 1. The second-order valence-electron chi connectivity index (χ2n) is 2.55. The standard InChI is InChI=1S/C9H15NOS/c1-10-5-7-12-8-9-4-2-3-6-11-9/h3-4,6,10H,2,5,7-8H2,1H3. The van der Waals surface area contributed by atoms with Gasteiger partial charge in [0.1, 0.15) is 5.76 Å². The first-order chi connectivity index (χ1) is 5.93. The molecule has 0 aromatic rings. The molecule has 0 amide bonds. The van der Waals surface area contributed by atoms with E-state index in [1.165, 1.54) is 0 Å². The molecule has 2 nitrogen and oxygen atoms in total. The summed E-state index contributed by atoms with van der Waals surface area (Å²) in [6.07, 6.45) is 6.93. The molecule has 0 spiro atoms. The van der Waals surface area contributed by atoms with Gasteiger partial charge in [-0.3, -0.25) is 0 Å². The quantitative estimate of drug-likeness (QED) is 0.659. The highest BCUT2D eigenvalue weighted by Gasteiger charge is 1.99. The van der Waals surface area contributed by atoms with Crippen LogP contribution in [0.4, 0.5) is 0 Å². The second-order valence-corrected chi connectivity index (χ2v) is 3.66. The van der Waals surface area contributed by atoms with Crippen molar-refractivity contribution in [1.29, 1.82) is 0 Å². The second kappa shape index (κ2) is 6.14. The zero-order valence-electron chi connectivity index (χ0n) is 7.38. The van der Waals surface area contributed by atoms with Crippen molar-refractivity contribution < 1.29 is 4.74 Å². The fraction of sp³-hybridized carbons (Fsp3) is 0.556. The Kier molecular flexibility index (Phi) is 4.95. The molecule has 0 saturated heterocycles. The molecule has 1 aliphatic heterocycles. The Hall–Kier alpha value is -0.410. The summed E-state index contributed by atoms with van der Waals surface area (Å²) in [4.78, 5) is 0. The van der Waals surface area contributed by atoms with Gasteiger partial charge >= 0.3 is 0 Å². The smallest absolute Gasteiger partial charge is 0.109 e. The number of thioether (sulfide) groups is 1. The summed E-state index contributed by atoms with van der Waals surface area (Å²) >= 11 is 1.89. The molecule has 1 aliphatic rings. The van der Waals surface area contributed by atoms with Crippen LogP contribution in [-0.4, -0.2) is 25.1 Å². The molecule has 0 saturated carbocycles. The van der Waals surface area contributed by atoms with Gasteiger partial charge in [0.15, 0.2) is 0 Å². The maximum Gasteiger partial charge on any atom is 0.109 e. The molecule has 1 N–H and O–H groups in total. The van der Waals surface area contributed by atoms with Crippen LogP contribution in [0.3, 0.4) is 0 Å². The maximum absolute atomic E-state index is 5.30. The van der Waals surface area contributed by atoms with Gasteiger partial charge in [-0.25, -0.2) is 0 Å². The van der Waals surface area contributed by atoms with E-state index in [1.54, 1.807) is 6.26 Å². The lowest BCUT2D eigenvalue weighted by Gasteiger charge is -2.08. The van der Waals surface area contributed by atoms with E-state index in [9.17, 15) is 0 Å². The van der Waals surface area contributed by atoms with Crippen molar-refractivity contribution in [3.63, 3.8) is 0 Å². The van der Waals surface area contributed by atoms with Gasteiger partial charge in [0.2, 0.25) is 0 Å². The Morgan fingerprint density at radius 3 is 3.25 bits per heavy atom. The number of allylic oxidation sites excluding steroid dienone is 2. The van der Waals surface area contributed by atoms with Gasteiger partial charge in [-0.2, -0.15) is 11.8 Å². The van der Waals surface area contributed by atoms with Gasteiger partial charge in [0, 0.05) is 12.3 Å². The van der Waals surface area contributed by atoms with Gasteiger partial charge in [0.25, 0.3) is 0 Å². The highest BCUT2D eigenvalue weighted by Crippen LogP contribution is 2.13. The highest BCUT2D eigenvalue weighted by atomic mass is 32.2. The summed E-state index contributed by atoms with van der Waals surface area (Å²) in [6, 6.07) is 0. The lowest BCUT2D eigenvalue weighted by Crippen LogP contribution is -2.10. The van der Waals surface area contributed by atoms with Crippen molar-refractivity contribution in [2.75, 3.05) is 25.1 Å². The Bertz CT molecular complexity index is 177. The van der Waals surface area contributed by atoms with E-state index in [1.807, 2.05) is 24.9 Å². The lowest BCUT2D eigenvalue weighted by molar-refractivity contribution is 0.346. The summed E-state index contributed by atoms with van der Waals surface area (Å²) < 4.78 is 5.30. The predicted octanol–water partition coefficient (Wildman–Crippen LogP) is 1.76. The Balaban J connectivity index is 2.03. The van der Waals surface area contributed by atoms with Gasteiger partial charge in [-0.15, -0.1) is 0 Å². The fourth-order valence-electron chi connectivity index (χ4n) is 0.879.